The third-order valence-electron chi connectivity index (χ3n) is 3.06. The molecule has 0 aromatic carbocycles. The Morgan fingerprint density at radius 1 is 1.39 bits per heavy atom. The van der Waals surface area contributed by atoms with E-state index in [1.54, 1.807) is 6.92 Å². The summed E-state index contributed by atoms with van der Waals surface area (Å²) in [6, 6.07) is -1.29. The van der Waals surface area contributed by atoms with Crippen LogP contribution in [0.25, 0.3) is 0 Å². The van der Waals surface area contributed by atoms with Crippen molar-refractivity contribution in [3.05, 3.63) is 0 Å². The molecule has 1 unspecified atom stereocenters. The Morgan fingerprint density at radius 3 is 2.61 bits per heavy atom. The van der Waals surface area contributed by atoms with Gasteiger partial charge in [0.2, 0.25) is 0 Å². The lowest BCUT2D eigenvalue weighted by molar-refractivity contribution is -0.139. The number of aliphatic carboxylic acids is 1. The number of urea groups is 1. The summed E-state index contributed by atoms with van der Waals surface area (Å²) in [6.45, 7) is 2.59. The Morgan fingerprint density at radius 2 is 2.06 bits per heavy atom. The molecule has 0 spiro atoms. The van der Waals surface area contributed by atoms with Crippen LogP contribution < -0.4 is 10.6 Å². The van der Waals surface area contributed by atoms with Gasteiger partial charge in [0.05, 0.1) is 12.7 Å². The van der Waals surface area contributed by atoms with Crippen LogP contribution in [0.1, 0.15) is 39.0 Å². The fourth-order valence-electron chi connectivity index (χ4n) is 1.99. The molecule has 0 aromatic rings. The number of carboxylic acid groups (broad SMARTS) is 1. The number of nitrogens with one attached hydrogen (secondary N) is 2. The van der Waals surface area contributed by atoms with Crippen molar-refractivity contribution >= 4 is 12.0 Å². The molecule has 0 bridgehead atoms. The molecule has 18 heavy (non-hydrogen) atoms. The molecule has 0 heterocycles. The zero-order chi connectivity index (χ0) is 13.4. The number of amides is 2. The van der Waals surface area contributed by atoms with Crippen molar-refractivity contribution in [1.29, 1.82) is 0 Å². The first-order chi connectivity index (χ1) is 8.63. The van der Waals surface area contributed by atoms with E-state index in [0.29, 0.717) is 25.7 Å². The molecule has 1 aliphatic rings. The number of carboxylic acids is 1. The smallest absolute Gasteiger partial charge is 0.326 e. The fourth-order valence-corrected chi connectivity index (χ4v) is 1.99. The summed E-state index contributed by atoms with van der Waals surface area (Å²) in [6.07, 6.45) is 5.33. The highest BCUT2D eigenvalue weighted by molar-refractivity contribution is 5.82. The van der Waals surface area contributed by atoms with Crippen LogP contribution in [-0.2, 0) is 9.53 Å². The van der Waals surface area contributed by atoms with Crippen LogP contribution in [-0.4, -0.2) is 42.4 Å². The van der Waals surface area contributed by atoms with Crippen molar-refractivity contribution in [3.63, 3.8) is 0 Å². The monoisotopic (exact) mass is 258 g/mol. The molecule has 0 saturated heterocycles. The van der Waals surface area contributed by atoms with Crippen LogP contribution in [0.2, 0.25) is 0 Å². The molecule has 1 fully saturated rings. The van der Waals surface area contributed by atoms with E-state index in [9.17, 15) is 9.59 Å². The molecule has 1 rings (SSSR count). The van der Waals surface area contributed by atoms with Crippen molar-refractivity contribution < 1.29 is 19.4 Å². The van der Waals surface area contributed by atoms with Crippen molar-refractivity contribution in [2.75, 3.05) is 13.2 Å². The van der Waals surface area contributed by atoms with E-state index < -0.39 is 18.0 Å². The van der Waals surface area contributed by atoms with Gasteiger partial charge in [-0.2, -0.15) is 0 Å². The van der Waals surface area contributed by atoms with Gasteiger partial charge in [0.25, 0.3) is 0 Å². The lowest BCUT2D eigenvalue weighted by Crippen LogP contribution is -2.46. The zero-order valence-corrected chi connectivity index (χ0v) is 10.8. The average molecular weight is 258 g/mol. The number of ether oxygens (including phenoxy) is 1. The van der Waals surface area contributed by atoms with Gasteiger partial charge in [0, 0.05) is 6.54 Å². The molecule has 6 heteroatoms. The van der Waals surface area contributed by atoms with Gasteiger partial charge >= 0.3 is 12.0 Å². The van der Waals surface area contributed by atoms with Crippen molar-refractivity contribution in [3.8, 4) is 0 Å². The maximum absolute atomic E-state index is 11.4. The zero-order valence-electron chi connectivity index (χ0n) is 10.8. The summed E-state index contributed by atoms with van der Waals surface area (Å²) in [5, 5.41) is 13.7. The number of carbonyl (C=O) groups excluding carboxylic acids is 1. The first-order valence-electron chi connectivity index (χ1n) is 6.52. The second kappa shape index (κ2) is 7.92. The SMILES string of the molecule is CCC(NC(=O)NCCOC1CCCC1)C(=O)O. The van der Waals surface area contributed by atoms with Crippen molar-refractivity contribution in [2.24, 2.45) is 0 Å². The molecule has 0 aliphatic heterocycles. The van der Waals surface area contributed by atoms with E-state index >= 15 is 0 Å². The largest absolute Gasteiger partial charge is 0.480 e. The van der Waals surface area contributed by atoms with Crippen molar-refractivity contribution in [2.45, 2.75) is 51.2 Å². The Labute approximate surface area is 107 Å². The van der Waals surface area contributed by atoms with Gasteiger partial charge in [0.15, 0.2) is 0 Å². The topological polar surface area (TPSA) is 87.7 Å². The van der Waals surface area contributed by atoms with Crippen LogP contribution in [0.5, 0.6) is 0 Å². The molecule has 0 aromatic heterocycles. The van der Waals surface area contributed by atoms with E-state index in [4.69, 9.17) is 9.84 Å². The molecular weight excluding hydrogens is 236 g/mol. The second-order valence-corrected chi connectivity index (χ2v) is 4.48. The Balaban J connectivity index is 2.07. The van der Waals surface area contributed by atoms with Gasteiger partial charge in [0.1, 0.15) is 6.04 Å². The minimum absolute atomic E-state index is 0.331. The van der Waals surface area contributed by atoms with E-state index in [2.05, 4.69) is 10.6 Å². The number of carbonyl (C=O) groups is 2. The highest BCUT2D eigenvalue weighted by Crippen LogP contribution is 2.20. The summed E-state index contributed by atoms with van der Waals surface area (Å²) < 4.78 is 5.57. The van der Waals surface area contributed by atoms with Crippen molar-refractivity contribution in [1.82, 2.24) is 10.6 Å². The van der Waals surface area contributed by atoms with Gasteiger partial charge in [-0.15, -0.1) is 0 Å². The molecule has 1 saturated carbocycles. The summed E-state index contributed by atoms with van der Waals surface area (Å²) in [5.74, 6) is -1.02. The summed E-state index contributed by atoms with van der Waals surface area (Å²) in [4.78, 5) is 22.1. The highest BCUT2D eigenvalue weighted by Gasteiger charge is 2.17. The van der Waals surface area contributed by atoms with Crippen LogP contribution in [0.4, 0.5) is 4.79 Å². The second-order valence-electron chi connectivity index (χ2n) is 4.48. The van der Waals surface area contributed by atoms with Crippen LogP contribution in [0.3, 0.4) is 0 Å². The maximum atomic E-state index is 11.4. The van der Waals surface area contributed by atoms with Gasteiger partial charge < -0.3 is 20.5 Å². The van der Waals surface area contributed by atoms with Crippen LogP contribution in [0, 0.1) is 0 Å². The Kier molecular flexibility index (Phi) is 6.49. The number of rotatable bonds is 7. The highest BCUT2D eigenvalue weighted by atomic mass is 16.5. The minimum Gasteiger partial charge on any atom is -0.480 e. The first-order valence-corrected chi connectivity index (χ1v) is 6.52. The van der Waals surface area contributed by atoms with Crippen LogP contribution in [0.15, 0.2) is 0 Å². The fraction of sp³-hybridized carbons (Fsp3) is 0.833. The summed E-state index contributed by atoms with van der Waals surface area (Å²) in [5.41, 5.74) is 0. The number of hydrogen-bond acceptors (Lipinski definition) is 3. The molecule has 1 aliphatic carbocycles. The maximum Gasteiger partial charge on any atom is 0.326 e. The predicted octanol–water partition coefficient (Wildman–Crippen LogP) is 1.11. The van der Waals surface area contributed by atoms with Gasteiger partial charge in [-0.05, 0) is 19.3 Å². The van der Waals surface area contributed by atoms with Crippen LogP contribution >= 0.6 is 0 Å². The Bertz CT molecular complexity index is 277. The summed E-state index contributed by atoms with van der Waals surface area (Å²) >= 11 is 0. The molecule has 6 nitrogen and oxygen atoms in total. The standard InChI is InChI=1S/C12H22N2O4/c1-2-10(11(15)16)14-12(17)13-7-8-18-9-5-3-4-6-9/h9-10H,2-8H2,1H3,(H,15,16)(H2,13,14,17). The third-order valence-corrected chi connectivity index (χ3v) is 3.06. The van der Waals surface area contributed by atoms with E-state index in [1.807, 2.05) is 0 Å². The van der Waals surface area contributed by atoms with Gasteiger partial charge in [-0.1, -0.05) is 19.8 Å². The third kappa shape index (κ3) is 5.35. The molecule has 2 amide bonds. The van der Waals surface area contributed by atoms with E-state index in [1.165, 1.54) is 12.8 Å². The quantitative estimate of drug-likeness (QED) is 0.597. The van der Waals surface area contributed by atoms with E-state index in [-0.39, 0.29) is 0 Å². The average Bonchev–Trinajstić information content (AvgIpc) is 2.84. The molecule has 104 valence electrons. The summed E-state index contributed by atoms with van der Waals surface area (Å²) in [7, 11) is 0. The Hall–Kier alpha value is -1.30. The molecule has 0 radical (unpaired) electrons. The lowest BCUT2D eigenvalue weighted by atomic mass is 10.2. The molecular formula is C12H22N2O4. The number of hydrogen-bond donors (Lipinski definition) is 3. The minimum atomic E-state index is -1.02. The van der Waals surface area contributed by atoms with E-state index in [0.717, 1.165) is 12.8 Å². The first kappa shape index (κ1) is 14.8. The predicted molar refractivity (Wildman–Crippen MR) is 66.5 cm³/mol. The lowest BCUT2D eigenvalue weighted by Gasteiger charge is -2.14. The van der Waals surface area contributed by atoms with Gasteiger partial charge in [-0.3, -0.25) is 0 Å². The molecule has 3 N–H and O–H groups in total. The van der Waals surface area contributed by atoms with Gasteiger partial charge in [-0.25, -0.2) is 9.59 Å². The normalized spacial score (nSPS) is 17.4. The molecule has 1 atom stereocenters.